The van der Waals surface area contributed by atoms with Gasteiger partial charge >= 0.3 is 5.97 Å². The van der Waals surface area contributed by atoms with Crippen LogP contribution in [0.3, 0.4) is 0 Å². The molecule has 0 fully saturated rings. The number of esters is 1. The molecular formula is C26H23Cl2NO4. The van der Waals surface area contributed by atoms with Crippen LogP contribution in [0.4, 0.5) is 5.69 Å². The molecule has 0 aromatic heterocycles. The first-order valence-corrected chi connectivity index (χ1v) is 11.0. The van der Waals surface area contributed by atoms with E-state index in [4.69, 9.17) is 32.7 Å². The number of ether oxygens (including phenoxy) is 2. The summed E-state index contributed by atoms with van der Waals surface area (Å²) in [5.74, 6) is -0.391. The van der Waals surface area contributed by atoms with E-state index in [1.54, 1.807) is 43.3 Å². The first-order chi connectivity index (χ1) is 15.8. The van der Waals surface area contributed by atoms with Gasteiger partial charge < -0.3 is 14.8 Å². The summed E-state index contributed by atoms with van der Waals surface area (Å²) in [7, 11) is 0. The molecule has 0 saturated carbocycles. The molecule has 3 rings (SSSR count). The molecule has 7 heteroatoms. The highest BCUT2D eigenvalue weighted by Gasteiger charge is 2.17. The zero-order chi connectivity index (χ0) is 23.8. The second kappa shape index (κ2) is 11.5. The average Bonchev–Trinajstić information content (AvgIpc) is 2.81. The zero-order valence-electron chi connectivity index (χ0n) is 18.2. The van der Waals surface area contributed by atoms with Crippen molar-refractivity contribution in [2.75, 3.05) is 5.32 Å². The zero-order valence-corrected chi connectivity index (χ0v) is 19.7. The van der Waals surface area contributed by atoms with E-state index in [1.165, 1.54) is 13.0 Å². The minimum absolute atomic E-state index is 0.357. The Labute approximate surface area is 202 Å². The minimum Gasteiger partial charge on any atom is -0.489 e. The lowest BCUT2D eigenvalue weighted by atomic mass is 10.2. The second-order valence-corrected chi connectivity index (χ2v) is 8.08. The van der Waals surface area contributed by atoms with Crippen molar-refractivity contribution in [1.29, 1.82) is 0 Å². The van der Waals surface area contributed by atoms with Gasteiger partial charge in [-0.2, -0.15) is 0 Å². The lowest BCUT2D eigenvalue weighted by Crippen LogP contribution is -2.29. The number of carbonyl (C=O) groups is 2. The molecule has 1 N–H and O–H groups in total. The highest BCUT2D eigenvalue weighted by molar-refractivity contribution is 6.32. The smallest absolute Gasteiger partial charge is 0.331 e. The SMILES string of the molecule is Cc1c(Cl)cccc1NC(=O)C(C)OC(=O)/C=C/c1ccc(OCc2ccccc2Cl)cc1. The van der Waals surface area contributed by atoms with Crippen LogP contribution in [0.2, 0.25) is 10.0 Å². The van der Waals surface area contributed by atoms with E-state index in [1.807, 2.05) is 36.4 Å². The molecule has 3 aromatic carbocycles. The van der Waals surface area contributed by atoms with Crippen LogP contribution in [0.5, 0.6) is 5.75 Å². The van der Waals surface area contributed by atoms with Gasteiger partial charge in [-0.3, -0.25) is 4.79 Å². The van der Waals surface area contributed by atoms with Crippen molar-refractivity contribution < 1.29 is 19.1 Å². The molecule has 0 saturated heterocycles. The maximum absolute atomic E-state index is 12.3. The molecule has 0 spiro atoms. The van der Waals surface area contributed by atoms with Crippen LogP contribution in [0.1, 0.15) is 23.6 Å². The number of amides is 1. The Morgan fingerprint density at radius 1 is 0.970 bits per heavy atom. The Balaban J connectivity index is 1.49. The molecule has 0 heterocycles. The monoisotopic (exact) mass is 483 g/mol. The predicted octanol–water partition coefficient (Wildman–Crippen LogP) is 6.46. The Bertz CT molecular complexity index is 1160. The van der Waals surface area contributed by atoms with E-state index >= 15 is 0 Å². The third-order valence-corrected chi connectivity index (χ3v) is 5.61. The summed E-state index contributed by atoms with van der Waals surface area (Å²) in [6.45, 7) is 3.66. The second-order valence-electron chi connectivity index (χ2n) is 7.26. The standard InChI is InChI=1S/C26H23Cl2NO4/c1-17-22(27)8-5-9-24(17)29-26(31)18(2)33-25(30)15-12-19-10-13-21(14-11-19)32-16-20-6-3-4-7-23(20)28/h3-15,18H,16H2,1-2H3,(H,29,31)/b15-12+. The quantitative estimate of drug-likeness (QED) is 0.294. The molecule has 0 bridgehead atoms. The van der Waals surface area contributed by atoms with E-state index in [2.05, 4.69) is 5.32 Å². The van der Waals surface area contributed by atoms with E-state index in [-0.39, 0.29) is 0 Å². The number of rotatable bonds is 8. The first-order valence-electron chi connectivity index (χ1n) is 10.2. The molecule has 0 aliphatic rings. The van der Waals surface area contributed by atoms with Gasteiger partial charge in [0.15, 0.2) is 6.10 Å². The highest BCUT2D eigenvalue weighted by Crippen LogP contribution is 2.23. The number of hydrogen-bond donors (Lipinski definition) is 1. The van der Waals surface area contributed by atoms with E-state index in [0.717, 1.165) is 16.7 Å². The fourth-order valence-corrected chi connectivity index (χ4v) is 3.23. The van der Waals surface area contributed by atoms with Gasteiger partial charge in [-0.15, -0.1) is 0 Å². The van der Waals surface area contributed by atoms with Gasteiger partial charge in [0.2, 0.25) is 0 Å². The van der Waals surface area contributed by atoms with Gasteiger partial charge in [0.1, 0.15) is 12.4 Å². The topological polar surface area (TPSA) is 64.6 Å². The van der Waals surface area contributed by atoms with Crippen LogP contribution >= 0.6 is 23.2 Å². The van der Waals surface area contributed by atoms with Crippen molar-refractivity contribution in [2.24, 2.45) is 0 Å². The molecule has 3 aromatic rings. The Morgan fingerprint density at radius 3 is 2.39 bits per heavy atom. The van der Waals surface area contributed by atoms with Crippen LogP contribution in [0.15, 0.2) is 72.8 Å². The van der Waals surface area contributed by atoms with E-state index < -0.39 is 18.0 Å². The molecule has 1 atom stereocenters. The highest BCUT2D eigenvalue weighted by atomic mass is 35.5. The molecule has 0 aliphatic carbocycles. The van der Waals surface area contributed by atoms with Crippen molar-refractivity contribution >= 4 is 46.8 Å². The maximum Gasteiger partial charge on any atom is 0.331 e. The Kier molecular flexibility index (Phi) is 8.52. The van der Waals surface area contributed by atoms with Gasteiger partial charge in [-0.25, -0.2) is 4.79 Å². The largest absolute Gasteiger partial charge is 0.489 e. The third-order valence-electron chi connectivity index (χ3n) is 4.83. The third kappa shape index (κ3) is 7.11. The summed E-state index contributed by atoms with van der Waals surface area (Å²) >= 11 is 12.2. The van der Waals surface area contributed by atoms with Crippen LogP contribution in [-0.4, -0.2) is 18.0 Å². The fourth-order valence-electron chi connectivity index (χ4n) is 2.86. The van der Waals surface area contributed by atoms with Crippen molar-refractivity contribution in [3.63, 3.8) is 0 Å². The van der Waals surface area contributed by atoms with Crippen LogP contribution in [0, 0.1) is 6.92 Å². The summed E-state index contributed by atoms with van der Waals surface area (Å²) in [4.78, 5) is 24.4. The number of carbonyl (C=O) groups excluding carboxylic acids is 2. The lowest BCUT2D eigenvalue weighted by molar-refractivity contribution is -0.148. The van der Waals surface area contributed by atoms with Crippen molar-refractivity contribution in [1.82, 2.24) is 0 Å². The first kappa shape index (κ1) is 24.4. The van der Waals surface area contributed by atoms with Gasteiger partial charge in [0.05, 0.1) is 0 Å². The number of anilines is 1. The molecule has 0 aliphatic heterocycles. The molecule has 0 radical (unpaired) electrons. The Morgan fingerprint density at radius 2 is 1.67 bits per heavy atom. The number of halogens is 2. The van der Waals surface area contributed by atoms with Crippen LogP contribution < -0.4 is 10.1 Å². The number of benzene rings is 3. The van der Waals surface area contributed by atoms with Crippen LogP contribution in [-0.2, 0) is 20.9 Å². The molecule has 33 heavy (non-hydrogen) atoms. The van der Waals surface area contributed by atoms with E-state index in [0.29, 0.717) is 28.1 Å². The van der Waals surface area contributed by atoms with Gasteiger partial charge in [0, 0.05) is 27.4 Å². The summed E-state index contributed by atoms with van der Waals surface area (Å²) in [5.41, 5.74) is 2.99. The fraction of sp³-hybridized carbons (Fsp3) is 0.154. The molecular weight excluding hydrogens is 461 g/mol. The molecule has 1 amide bonds. The predicted molar refractivity (Wildman–Crippen MR) is 132 cm³/mol. The summed E-state index contributed by atoms with van der Waals surface area (Å²) < 4.78 is 10.9. The Hall–Kier alpha value is -3.28. The van der Waals surface area contributed by atoms with Crippen LogP contribution in [0.25, 0.3) is 6.08 Å². The van der Waals surface area contributed by atoms with Gasteiger partial charge in [-0.05, 0) is 61.4 Å². The number of nitrogens with one attached hydrogen (secondary N) is 1. The van der Waals surface area contributed by atoms with E-state index in [9.17, 15) is 9.59 Å². The molecule has 5 nitrogen and oxygen atoms in total. The number of hydrogen-bond acceptors (Lipinski definition) is 4. The van der Waals surface area contributed by atoms with Crippen molar-refractivity contribution in [3.05, 3.63) is 99.5 Å². The molecule has 1 unspecified atom stereocenters. The normalized spacial score (nSPS) is 11.8. The maximum atomic E-state index is 12.3. The van der Waals surface area contributed by atoms with Gasteiger partial charge in [0.25, 0.3) is 5.91 Å². The molecule has 170 valence electrons. The minimum atomic E-state index is -0.971. The van der Waals surface area contributed by atoms with Crippen molar-refractivity contribution in [3.8, 4) is 5.75 Å². The summed E-state index contributed by atoms with van der Waals surface area (Å²) in [6, 6.07) is 19.9. The lowest BCUT2D eigenvalue weighted by Gasteiger charge is -2.14. The average molecular weight is 484 g/mol. The van der Waals surface area contributed by atoms with Crippen molar-refractivity contribution in [2.45, 2.75) is 26.6 Å². The summed E-state index contributed by atoms with van der Waals surface area (Å²) in [5, 5.41) is 3.91. The van der Waals surface area contributed by atoms with Gasteiger partial charge in [-0.1, -0.05) is 59.6 Å². The summed E-state index contributed by atoms with van der Waals surface area (Å²) in [6.07, 6.45) is 1.90.